The second kappa shape index (κ2) is 14.1. The first-order chi connectivity index (χ1) is 15.1. The van der Waals surface area contributed by atoms with Crippen molar-refractivity contribution in [2.24, 2.45) is 0 Å². The third-order valence-electron chi connectivity index (χ3n) is 4.85. The summed E-state index contributed by atoms with van der Waals surface area (Å²) in [6.07, 6.45) is 5.58. The van der Waals surface area contributed by atoms with E-state index in [1.807, 2.05) is 48.5 Å². The van der Waals surface area contributed by atoms with Crippen molar-refractivity contribution in [3.63, 3.8) is 0 Å². The number of hydrogen-bond acceptors (Lipinski definition) is 4. The first kappa shape index (κ1) is 24.3. The lowest BCUT2D eigenvalue weighted by Gasteiger charge is -2.14. The second-order valence-corrected chi connectivity index (χ2v) is 7.43. The average molecular weight is 427 g/mol. The van der Waals surface area contributed by atoms with Gasteiger partial charge in [0.2, 0.25) is 0 Å². The van der Waals surface area contributed by atoms with Gasteiger partial charge in [-0.3, -0.25) is 10.6 Å². The predicted molar refractivity (Wildman–Crippen MR) is 125 cm³/mol. The third-order valence-corrected chi connectivity index (χ3v) is 4.85. The minimum atomic E-state index is -0.453. The molecular formula is C25H34N2O4. The van der Waals surface area contributed by atoms with E-state index in [1.54, 1.807) is 0 Å². The number of para-hydroxylation sites is 2. The maximum absolute atomic E-state index is 12.1. The first-order valence-electron chi connectivity index (χ1n) is 11.2. The van der Waals surface area contributed by atoms with Crippen LogP contribution in [0.25, 0.3) is 0 Å². The Morgan fingerprint density at radius 1 is 0.677 bits per heavy atom. The molecule has 0 unspecified atom stereocenters. The molecule has 2 rings (SSSR count). The van der Waals surface area contributed by atoms with Gasteiger partial charge in [0.25, 0.3) is 0 Å². The van der Waals surface area contributed by atoms with Crippen LogP contribution in [-0.4, -0.2) is 25.4 Å². The molecule has 168 valence electrons. The Hall–Kier alpha value is -3.02. The van der Waals surface area contributed by atoms with Crippen LogP contribution in [0.2, 0.25) is 0 Å². The maximum Gasteiger partial charge on any atom is 0.411 e. The fourth-order valence-corrected chi connectivity index (χ4v) is 3.12. The summed E-state index contributed by atoms with van der Waals surface area (Å²) in [5, 5.41) is 5.67. The molecule has 0 fully saturated rings. The summed E-state index contributed by atoms with van der Waals surface area (Å²) in [7, 11) is 0. The molecule has 0 saturated carbocycles. The normalized spacial score (nSPS) is 10.4. The van der Waals surface area contributed by atoms with Crippen LogP contribution >= 0.6 is 0 Å². The van der Waals surface area contributed by atoms with Gasteiger partial charge < -0.3 is 9.47 Å². The fraction of sp³-hybridized carbons (Fsp3) is 0.440. The molecule has 0 spiro atoms. The van der Waals surface area contributed by atoms with Crippen LogP contribution in [0, 0.1) is 0 Å². The van der Waals surface area contributed by atoms with Crippen LogP contribution in [0.4, 0.5) is 21.0 Å². The highest BCUT2D eigenvalue weighted by Crippen LogP contribution is 2.24. The molecule has 0 radical (unpaired) electrons. The van der Waals surface area contributed by atoms with Gasteiger partial charge in [-0.15, -0.1) is 0 Å². The standard InChI is InChI=1S/C25H34N2O4/c1-3-5-11-17-30-24(28)26-22-15-9-7-13-20(22)19-21-14-8-10-16-23(21)27-25(29)31-18-12-6-4-2/h7-10,13-16H,3-6,11-12,17-19H2,1-2H3,(H,26,28)(H,27,29). The topological polar surface area (TPSA) is 76.7 Å². The van der Waals surface area contributed by atoms with E-state index in [4.69, 9.17) is 9.47 Å². The van der Waals surface area contributed by atoms with Gasteiger partial charge in [0.15, 0.2) is 0 Å². The van der Waals surface area contributed by atoms with Crippen molar-refractivity contribution >= 4 is 23.6 Å². The summed E-state index contributed by atoms with van der Waals surface area (Å²) in [4.78, 5) is 24.3. The number of carbonyl (C=O) groups excluding carboxylic acids is 2. The van der Waals surface area contributed by atoms with Crippen molar-refractivity contribution in [1.82, 2.24) is 0 Å². The monoisotopic (exact) mass is 426 g/mol. The van der Waals surface area contributed by atoms with Gasteiger partial charge in [0, 0.05) is 17.8 Å². The van der Waals surface area contributed by atoms with Crippen LogP contribution in [0.5, 0.6) is 0 Å². The van der Waals surface area contributed by atoms with Crippen molar-refractivity contribution in [3.05, 3.63) is 59.7 Å². The number of amides is 2. The van der Waals surface area contributed by atoms with E-state index in [2.05, 4.69) is 24.5 Å². The number of hydrogen-bond donors (Lipinski definition) is 2. The Kier molecular flexibility index (Phi) is 11.0. The van der Waals surface area contributed by atoms with Crippen LogP contribution in [0.1, 0.15) is 63.5 Å². The lowest BCUT2D eigenvalue weighted by atomic mass is 10.0. The minimum Gasteiger partial charge on any atom is -0.449 e. The molecule has 2 amide bonds. The fourth-order valence-electron chi connectivity index (χ4n) is 3.12. The zero-order valence-electron chi connectivity index (χ0n) is 18.6. The Morgan fingerprint density at radius 3 is 1.52 bits per heavy atom. The van der Waals surface area contributed by atoms with Gasteiger partial charge in [-0.1, -0.05) is 75.9 Å². The van der Waals surface area contributed by atoms with E-state index in [-0.39, 0.29) is 0 Å². The van der Waals surface area contributed by atoms with Gasteiger partial charge in [-0.2, -0.15) is 0 Å². The van der Waals surface area contributed by atoms with Crippen LogP contribution in [0.15, 0.2) is 48.5 Å². The van der Waals surface area contributed by atoms with Gasteiger partial charge >= 0.3 is 12.2 Å². The summed E-state index contributed by atoms with van der Waals surface area (Å²) in [5.74, 6) is 0. The minimum absolute atomic E-state index is 0.412. The summed E-state index contributed by atoms with van der Waals surface area (Å²) in [6.45, 7) is 5.04. The van der Waals surface area contributed by atoms with E-state index < -0.39 is 12.2 Å². The molecule has 0 aliphatic heterocycles. The Balaban J connectivity index is 2.00. The number of rotatable bonds is 12. The van der Waals surface area contributed by atoms with Crippen LogP contribution < -0.4 is 10.6 Å². The van der Waals surface area contributed by atoms with Gasteiger partial charge in [-0.05, 0) is 36.1 Å². The molecular weight excluding hydrogens is 392 g/mol. The molecule has 0 saturated heterocycles. The van der Waals surface area contributed by atoms with E-state index >= 15 is 0 Å². The second-order valence-electron chi connectivity index (χ2n) is 7.43. The highest BCUT2D eigenvalue weighted by atomic mass is 16.6. The zero-order valence-corrected chi connectivity index (χ0v) is 18.6. The number of nitrogens with one attached hydrogen (secondary N) is 2. The van der Waals surface area contributed by atoms with Gasteiger partial charge in [-0.25, -0.2) is 9.59 Å². The highest BCUT2D eigenvalue weighted by Gasteiger charge is 2.12. The summed E-state index contributed by atoms with van der Waals surface area (Å²) in [5.41, 5.74) is 3.25. The average Bonchev–Trinajstić information content (AvgIpc) is 2.77. The Morgan fingerprint density at radius 2 is 1.10 bits per heavy atom. The molecule has 31 heavy (non-hydrogen) atoms. The van der Waals surface area contributed by atoms with E-state index in [9.17, 15) is 9.59 Å². The highest BCUT2D eigenvalue weighted by molar-refractivity contribution is 5.87. The lowest BCUT2D eigenvalue weighted by molar-refractivity contribution is 0.158. The zero-order chi connectivity index (χ0) is 22.3. The van der Waals surface area contributed by atoms with E-state index in [0.717, 1.165) is 49.7 Å². The SMILES string of the molecule is CCCCCOC(=O)Nc1ccccc1Cc1ccccc1NC(=O)OCCCCC. The van der Waals surface area contributed by atoms with E-state index in [0.29, 0.717) is 31.0 Å². The number of unbranched alkanes of at least 4 members (excludes halogenated alkanes) is 4. The third kappa shape index (κ3) is 9.11. The van der Waals surface area contributed by atoms with Crippen molar-refractivity contribution in [2.45, 2.75) is 58.8 Å². The van der Waals surface area contributed by atoms with Crippen LogP contribution in [-0.2, 0) is 15.9 Å². The first-order valence-corrected chi connectivity index (χ1v) is 11.2. The van der Waals surface area contributed by atoms with Crippen molar-refractivity contribution in [2.75, 3.05) is 23.8 Å². The largest absolute Gasteiger partial charge is 0.449 e. The molecule has 6 heteroatoms. The number of ether oxygens (including phenoxy) is 2. The van der Waals surface area contributed by atoms with Gasteiger partial charge in [0.1, 0.15) is 0 Å². The van der Waals surface area contributed by atoms with Crippen LogP contribution in [0.3, 0.4) is 0 Å². The molecule has 6 nitrogen and oxygen atoms in total. The number of benzene rings is 2. The van der Waals surface area contributed by atoms with Crippen molar-refractivity contribution < 1.29 is 19.1 Å². The molecule has 2 aromatic carbocycles. The molecule has 0 aliphatic carbocycles. The molecule has 2 aromatic rings. The molecule has 2 N–H and O–H groups in total. The number of carbonyl (C=O) groups is 2. The smallest absolute Gasteiger partial charge is 0.411 e. The summed E-state index contributed by atoms with van der Waals surface area (Å²) >= 11 is 0. The molecule has 0 bridgehead atoms. The summed E-state index contributed by atoms with van der Waals surface area (Å²) in [6, 6.07) is 15.2. The molecule has 0 atom stereocenters. The predicted octanol–water partition coefficient (Wildman–Crippen LogP) is 6.75. The molecule has 0 aliphatic rings. The quantitative estimate of drug-likeness (QED) is 0.368. The summed E-state index contributed by atoms with van der Waals surface area (Å²) < 4.78 is 10.5. The van der Waals surface area contributed by atoms with Crippen molar-refractivity contribution in [3.8, 4) is 0 Å². The Labute approximate surface area is 185 Å². The number of anilines is 2. The maximum atomic E-state index is 12.1. The Bertz CT molecular complexity index is 755. The molecule has 0 heterocycles. The van der Waals surface area contributed by atoms with Gasteiger partial charge in [0.05, 0.1) is 13.2 Å². The van der Waals surface area contributed by atoms with Crippen molar-refractivity contribution in [1.29, 1.82) is 0 Å². The lowest BCUT2D eigenvalue weighted by Crippen LogP contribution is -2.17. The molecule has 0 aromatic heterocycles. The van der Waals surface area contributed by atoms with E-state index in [1.165, 1.54) is 0 Å².